The highest BCUT2D eigenvalue weighted by Gasteiger charge is 2.22. The molecule has 3 heteroatoms. The number of carbonyl (C=O) groups is 1. The molecule has 1 rings (SSSR count). The molecule has 0 aromatic heterocycles. The minimum atomic E-state index is -0.128. The lowest BCUT2D eigenvalue weighted by Gasteiger charge is -2.15. The van der Waals surface area contributed by atoms with Crippen molar-refractivity contribution < 1.29 is 9.53 Å². The summed E-state index contributed by atoms with van der Waals surface area (Å²) in [6.45, 7) is 4.12. The smallest absolute Gasteiger partial charge is 0.306 e. The third kappa shape index (κ3) is 3.66. The molecule has 0 spiro atoms. The van der Waals surface area contributed by atoms with E-state index in [2.05, 4.69) is 17.0 Å². The second kappa shape index (κ2) is 6.02. The number of nitrogens with one attached hydrogen (secondary N) is 1. The van der Waals surface area contributed by atoms with E-state index in [1.54, 1.807) is 0 Å². The summed E-state index contributed by atoms with van der Waals surface area (Å²) >= 11 is 0. The number of rotatable bonds is 5. The van der Waals surface area contributed by atoms with Gasteiger partial charge in [0.15, 0.2) is 0 Å². The lowest BCUT2D eigenvalue weighted by Crippen LogP contribution is -2.26. The van der Waals surface area contributed by atoms with Crippen molar-refractivity contribution >= 4 is 5.97 Å². The van der Waals surface area contributed by atoms with Gasteiger partial charge in [0, 0.05) is 6.54 Å². The predicted molar refractivity (Wildman–Crippen MR) is 56.0 cm³/mol. The van der Waals surface area contributed by atoms with E-state index < -0.39 is 0 Å². The molecule has 2 atom stereocenters. The fourth-order valence-electron chi connectivity index (χ4n) is 2.11. The van der Waals surface area contributed by atoms with E-state index in [-0.39, 0.29) is 5.97 Å². The maximum Gasteiger partial charge on any atom is 0.306 e. The molecular weight excluding hydrogens is 178 g/mol. The lowest BCUT2D eigenvalue weighted by molar-refractivity contribution is -0.140. The zero-order valence-electron chi connectivity index (χ0n) is 9.21. The van der Waals surface area contributed by atoms with Crippen LogP contribution in [0.1, 0.15) is 32.6 Å². The van der Waals surface area contributed by atoms with Crippen molar-refractivity contribution in [1.29, 1.82) is 0 Å². The molecule has 0 saturated heterocycles. The van der Waals surface area contributed by atoms with Gasteiger partial charge in [-0.2, -0.15) is 0 Å². The Morgan fingerprint density at radius 2 is 2.29 bits per heavy atom. The molecule has 0 amide bonds. The van der Waals surface area contributed by atoms with Crippen molar-refractivity contribution in [1.82, 2.24) is 5.32 Å². The highest BCUT2D eigenvalue weighted by Crippen LogP contribution is 2.30. The second-order valence-electron chi connectivity index (χ2n) is 4.20. The van der Waals surface area contributed by atoms with Crippen LogP contribution in [0.25, 0.3) is 0 Å². The van der Waals surface area contributed by atoms with E-state index in [0.29, 0.717) is 6.42 Å². The molecule has 0 radical (unpaired) electrons. The molecule has 0 aliphatic heterocycles. The van der Waals surface area contributed by atoms with Gasteiger partial charge in [-0.1, -0.05) is 19.8 Å². The van der Waals surface area contributed by atoms with E-state index in [0.717, 1.165) is 24.9 Å². The van der Waals surface area contributed by atoms with Gasteiger partial charge in [0.1, 0.15) is 0 Å². The topological polar surface area (TPSA) is 38.3 Å². The number of esters is 1. The number of ether oxygens (including phenoxy) is 1. The quantitative estimate of drug-likeness (QED) is 0.539. The third-order valence-corrected chi connectivity index (χ3v) is 3.18. The van der Waals surface area contributed by atoms with Crippen LogP contribution >= 0.6 is 0 Å². The standard InChI is InChI=1S/C11H21NO2/c1-9-4-3-5-10(9)8-12-7-6-11(13)14-2/h9-10,12H,3-8H2,1-2H3. The average Bonchev–Trinajstić information content (AvgIpc) is 2.58. The normalized spacial score (nSPS) is 26.4. The molecule has 0 heterocycles. The first kappa shape index (κ1) is 11.5. The second-order valence-corrected chi connectivity index (χ2v) is 4.20. The minimum absolute atomic E-state index is 0.128. The number of methoxy groups -OCH3 is 1. The lowest BCUT2D eigenvalue weighted by atomic mass is 9.98. The zero-order chi connectivity index (χ0) is 10.4. The Balaban J connectivity index is 2.01. The Morgan fingerprint density at radius 3 is 2.86 bits per heavy atom. The van der Waals surface area contributed by atoms with Crippen LogP contribution in [-0.2, 0) is 9.53 Å². The monoisotopic (exact) mass is 199 g/mol. The summed E-state index contributed by atoms with van der Waals surface area (Å²) in [5.74, 6) is 1.53. The molecule has 14 heavy (non-hydrogen) atoms. The number of carbonyl (C=O) groups excluding carboxylic acids is 1. The van der Waals surface area contributed by atoms with E-state index in [1.165, 1.54) is 26.4 Å². The predicted octanol–water partition coefficient (Wildman–Crippen LogP) is 1.58. The van der Waals surface area contributed by atoms with Gasteiger partial charge in [-0.3, -0.25) is 4.79 Å². The van der Waals surface area contributed by atoms with E-state index in [9.17, 15) is 4.79 Å². The first-order valence-electron chi connectivity index (χ1n) is 5.51. The SMILES string of the molecule is COC(=O)CCNCC1CCCC1C. The van der Waals surface area contributed by atoms with Gasteiger partial charge in [0.2, 0.25) is 0 Å². The molecule has 2 unspecified atom stereocenters. The maximum absolute atomic E-state index is 10.8. The highest BCUT2D eigenvalue weighted by molar-refractivity contribution is 5.69. The molecule has 1 saturated carbocycles. The summed E-state index contributed by atoms with van der Waals surface area (Å²) < 4.78 is 4.56. The van der Waals surface area contributed by atoms with Gasteiger partial charge in [0.25, 0.3) is 0 Å². The van der Waals surface area contributed by atoms with E-state index in [4.69, 9.17) is 0 Å². The fourth-order valence-corrected chi connectivity index (χ4v) is 2.11. The van der Waals surface area contributed by atoms with Crippen LogP contribution in [0.4, 0.5) is 0 Å². The zero-order valence-corrected chi connectivity index (χ0v) is 9.21. The number of hydrogen-bond acceptors (Lipinski definition) is 3. The number of hydrogen-bond donors (Lipinski definition) is 1. The summed E-state index contributed by atoms with van der Waals surface area (Å²) in [6.07, 6.45) is 4.55. The van der Waals surface area contributed by atoms with Gasteiger partial charge in [0.05, 0.1) is 13.5 Å². The van der Waals surface area contributed by atoms with Crippen LogP contribution in [0.3, 0.4) is 0 Å². The molecule has 1 fully saturated rings. The van der Waals surface area contributed by atoms with Gasteiger partial charge < -0.3 is 10.1 Å². The molecule has 0 aromatic carbocycles. The molecule has 1 N–H and O–H groups in total. The summed E-state index contributed by atoms with van der Waals surface area (Å²) in [5.41, 5.74) is 0. The van der Waals surface area contributed by atoms with Crippen LogP contribution in [0.2, 0.25) is 0 Å². The molecular formula is C11H21NO2. The molecule has 82 valence electrons. The third-order valence-electron chi connectivity index (χ3n) is 3.18. The summed E-state index contributed by atoms with van der Waals surface area (Å²) in [4.78, 5) is 10.8. The Bertz CT molecular complexity index is 182. The Kier molecular flexibility index (Phi) is 4.94. The molecule has 0 bridgehead atoms. The van der Waals surface area contributed by atoms with Crippen molar-refractivity contribution in [2.24, 2.45) is 11.8 Å². The van der Waals surface area contributed by atoms with Crippen molar-refractivity contribution in [3.05, 3.63) is 0 Å². The van der Waals surface area contributed by atoms with Crippen LogP contribution in [0, 0.1) is 11.8 Å². The molecule has 1 aliphatic carbocycles. The summed E-state index contributed by atoms with van der Waals surface area (Å²) in [6, 6.07) is 0. The van der Waals surface area contributed by atoms with Gasteiger partial charge >= 0.3 is 5.97 Å². The van der Waals surface area contributed by atoms with Crippen LogP contribution in [0.5, 0.6) is 0 Å². The maximum atomic E-state index is 10.8. The molecule has 0 aromatic rings. The van der Waals surface area contributed by atoms with Crippen LogP contribution in [-0.4, -0.2) is 26.2 Å². The molecule has 1 aliphatic rings. The molecule has 3 nitrogen and oxygen atoms in total. The van der Waals surface area contributed by atoms with E-state index in [1.807, 2.05) is 0 Å². The van der Waals surface area contributed by atoms with E-state index >= 15 is 0 Å². The van der Waals surface area contributed by atoms with Crippen LogP contribution < -0.4 is 5.32 Å². The summed E-state index contributed by atoms with van der Waals surface area (Å²) in [7, 11) is 1.43. The van der Waals surface area contributed by atoms with Gasteiger partial charge in [-0.15, -0.1) is 0 Å². The largest absolute Gasteiger partial charge is 0.469 e. The fraction of sp³-hybridized carbons (Fsp3) is 0.909. The minimum Gasteiger partial charge on any atom is -0.469 e. The van der Waals surface area contributed by atoms with Gasteiger partial charge in [-0.05, 0) is 24.8 Å². The first-order valence-corrected chi connectivity index (χ1v) is 5.51. The van der Waals surface area contributed by atoms with Crippen molar-refractivity contribution in [2.75, 3.05) is 20.2 Å². The van der Waals surface area contributed by atoms with Crippen molar-refractivity contribution in [2.45, 2.75) is 32.6 Å². The average molecular weight is 199 g/mol. The van der Waals surface area contributed by atoms with Gasteiger partial charge in [-0.25, -0.2) is 0 Å². The van der Waals surface area contributed by atoms with Crippen molar-refractivity contribution in [3.63, 3.8) is 0 Å². The highest BCUT2D eigenvalue weighted by atomic mass is 16.5. The summed E-state index contributed by atoms with van der Waals surface area (Å²) in [5, 5.41) is 3.32. The first-order chi connectivity index (χ1) is 6.74. The Morgan fingerprint density at radius 1 is 1.50 bits per heavy atom. The Hall–Kier alpha value is -0.570. The van der Waals surface area contributed by atoms with Crippen molar-refractivity contribution in [3.8, 4) is 0 Å². The Labute approximate surface area is 86.2 Å². The van der Waals surface area contributed by atoms with Crippen LogP contribution in [0.15, 0.2) is 0 Å².